The molecule has 0 bridgehead atoms. The summed E-state index contributed by atoms with van der Waals surface area (Å²) >= 11 is 0. The molecule has 0 aliphatic rings. The number of rotatable bonds is 4. The molecule has 2 aromatic heterocycles. The summed E-state index contributed by atoms with van der Waals surface area (Å²) in [7, 11) is 1.53. The summed E-state index contributed by atoms with van der Waals surface area (Å²) in [6.07, 6.45) is 3.09. The first kappa shape index (κ1) is 13.0. The smallest absolute Gasteiger partial charge is 0.255 e. The van der Waals surface area contributed by atoms with Crippen LogP contribution in [0.1, 0.15) is 16.1 Å². The molecule has 2 aromatic rings. The van der Waals surface area contributed by atoms with Crippen molar-refractivity contribution in [3.05, 3.63) is 47.9 Å². The third-order valence-corrected chi connectivity index (χ3v) is 2.49. The fourth-order valence-electron chi connectivity index (χ4n) is 1.51. The topological polar surface area (TPSA) is 90.1 Å². The monoisotopic (exact) mass is 258 g/mol. The molecule has 0 spiro atoms. The van der Waals surface area contributed by atoms with Gasteiger partial charge in [-0.1, -0.05) is 0 Å². The van der Waals surface area contributed by atoms with E-state index in [-0.39, 0.29) is 5.91 Å². The van der Waals surface area contributed by atoms with Gasteiger partial charge in [0.1, 0.15) is 0 Å². The lowest BCUT2D eigenvalue weighted by molar-refractivity contribution is 0.102. The number of methoxy groups -OCH3 is 1. The number of nitrogens with one attached hydrogen (secondary N) is 1. The molecule has 2 rings (SSSR count). The van der Waals surface area contributed by atoms with E-state index in [0.29, 0.717) is 29.4 Å². The maximum atomic E-state index is 12.0. The zero-order chi connectivity index (χ0) is 13.7. The van der Waals surface area contributed by atoms with Gasteiger partial charge in [0.25, 0.3) is 5.91 Å². The first-order valence-electron chi connectivity index (χ1n) is 5.69. The van der Waals surface area contributed by atoms with Crippen LogP contribution in [0.15, 0.2) is 36.7 Å². The summed E-state index contributed by atoms with van der Waals surface area (Å²) < 4.78 is 4.94. The molecule has 98 valence electrons. The Morgan fingerprint density at radius 1 is 1.37 bits per heavy atom. The van der Waals surface area contributed by atoms with Gasteiger partial charge >= 0.3 is 0 Å². The van der Waals surface area contributed by atoms with Crippen molar-refractivity contribution in [2.45, 2.75) is 6.54 Å². The second-order valence-corrected chi connectivity index (χ2v) is 3.78. The molecule has 6 heteroatoms. The van der Waals surface area contributed by atoms with Crippen LogP contribution in [0.25, 0.3) is 0 Å². The van der Waals surface area contributed by atoms with E-state index < -0.39 is 0 Å². The summed E-state index contributed by atoms with van der Waals surface area (Å²) in [5.41, 5.74) is 7.25. The minimum absolute atomic E-state index is 0.232. The molecule has 0 aromatic carbocycles. The highest BCUT2D eigenvalue weighted by Gasteiger charge is 2.07. The van der Waals surface area contributed by atoms with Crippen LogP contribution in [-0.2, 0) is 6.54 Å². The number of pyridine rings is 2. The summed E-state index contributed by atoms with van der Waals surface area (Å²) in [6.45, 7) is 0.297. The Morgan fingerprint density at radius 2 is 2.21 bits per heavy atom. The minimum Gasteiger partial charge on any atom is -0.481 e. The maximum Gasteiger partial charge on any atom is 0.255 e. The van der Waals surface area contributed by atoms with E-state index in [1.165, 1.54) is 13.3 Å². The zero-order valence-electron chi connectivity index (χ0n) is 10.5. The molecule has 0 atom stereocenters. The molecule has 0 aliphatic carbocycles. The molecular weight excluding hydrogens is 244 g/mol. The highest BCUT2D eigenvalue weighted by Crippen LogP contribution is 2.12. The molecule has 6 nitrogen and oxygen atoms in total. The number of aromatic nitrogens is 2. The van der Waals surface area contributed by atoms with Crippen molar-refractivity contribution in [2.75, 3.05) is 12.4 Å². The van der Waals surface area contributed by atoms with Crippen LogP contribution >= 0.6 is 0 Å². The highest BCUT2D eigenvalue weighted by atomic mass is 16.5. The van der Waals surface area contributed by atoms with Gasteiger partial charge in [-0.2, -0.15) is 0 Å². The van der Waals surface area contributed by atoms with Gasteiger partial charge in [-0.05, 0) is 18.2 Å². The third-order valence-electron chi connectivity index (χ3n) is 2.49. The number of nitrogens with two attached hydrogens (primary N) is 1. The third kappa shape index (κ3) is 3.26. The number of hydrogen-bond donors (Lipinski definition) is 2. The molecule has 0 unspecified atom stereocenters. The number of amides is 1. The maximum absolute atomic E-state index is 12.0. The molecular formula is C13H14N4O2. The molecule has 0 fully saturated rings. The van der Waals surface area contributed by atoms with Gasteiger partial charge in [-0.25, -0.2) is 4.98 Å². The number of hydrogen-bond acceptors (Lipinski definition) is 5. The molecule has 0 aliphatic heterocycles. The van der Waals surface area contributed by atoms with Gasteiger partial charge in [-0.3, -0.25) is 9.78 Å². The zero-order valence-corrected chi connectivity index (χ0v) is 10.5. The van der Waals surface area contributed by atoms with Gasteiger partial charge in [-0.15, -0.1) is 0 Å². The number of nitrogens with zero attached hydrogens (tertiary/aromatic N) is 2. The lowest BCUT2D eigenvalue weighted by Gasteiger charge is -2.06. The van der Waals surface area contributed by atoms with Gasteiger partial charge in [0.15, 0.2) is 0 Å². The second-order valence-electron chi connectivity index (χ2n) is 3.78. The van der Waals surface area contributed by atoms with E-state index in [9.17, 15) is 4.79 Å². The van der Waals surface area contributed by atoms with Crippen molar-refractivity contribution in [1.29, 1.82) is 0 Å². The quantitative estimate of drug-likeness (QED) is 0.859. The number of anilines is 1. The standard InChI is InChI=1S/C13H14N4O2/c1-19-12-3-2-10(8-16-12)17-13(18)9-4-5-15-11(6-9)7-14/h2-6,8H,7,14H2,1H3,(H,17,18). The summed E-state index contributed by atoms with van der Waals surface area (Å²) in [6, 6.07) is 6.68. The summed E-state index contributed by atoms with van der Waals surface area (Å²) in [5, 5.41) is 2.74. The van der Waals surface area contributed by atoms with Crippen molar-refractivity contribution >= 4 is 11.6 Å². The predicted octanol–water partition coefficient (Wildman–Crippen LogP) is 1.20. The average molecular weight is 258 g/mol. The Hall–Kier alpha value is -2.47. The van der Waals surface area contributed by atoms with E-state index in [2.05, 4.69) is 15.3 Å². The fraction of sp³-hybridized carbons (Fsp3) is 0.154. The molecule has 0 saturated carbocycles. The fourth-order valence-corrected chi connectivity index (χ4v) is 1.51. The van der Waals surface area contributed by atoms with Crippen LogP contribution in [0.4, 0.5) is 5.69 Å². The molecule has 0 saturated heterocycles. The van der Waals surface area contributed by atoms with E-state index in [1.54, 1.807) is 30.5 Å². The van der Waals surface area contributed by atoms with Crippen LogP contribution in [0.5, 0.6) is 5.88 Å². The van der Waals surface area contributed by atoms with Crippen molar-refractivity contribution in [1.82, 2.24) is 9.97 Å². The molecule has 0 radical (unpaired) electrons. The Balaban J connectivity index is 2.11. The Labute approximate surface area is 110 Å². The van der Waals surface area contributed by atoms with Crippen LogP contribution in [0.2, 0.25) is 0 Å². The first-order valence-corrected chi connectivity index (χ1v) is 5.69. The SMILES string of the molecule is COc1ccc(NC(=O)c2ccnc(CN)c2)cn1. The van der Waals surface area contributed by atoms with Gasteiger partial charge in [0.2, 0.25) is 5.88 Å². The lowest BCUT2D eigenvalue weighted by Crippen LogP contribution is -2.13. The molecule has 19 heavy (non-hydrogen) atoms. The minimum atomic E-state index is -0.232. The molecule has 3 N–H and O–H groups in total. The van der Waals surface area contributed by atoms with Gasteiger partial charge in [0, 0.05) is 24.4 Å². The highest BCUT2D eigenvalue weighted by molar-refractivity contribution is 6.04. The lowest BCUT2D eigenvalue weighted by atomic mass is 10.2. The van der Waals surface area contributed by atoms with Crippen molar-refractivity contribution in [3.63, 3.8) is 0 Å². The van der Waals surface area contributed by atoms with E-state index >= 15 is 0 Å². The van der Waals surface area contributed by atoms with Crippen molar-refractivity contribution in [2.24, 2.45) is 5.73 Å². The Bertz CT molecular complexity index is 569. The van der Waals surface area contributed by atoms with Crippen LogP contribution < -0.4 is 15.8 Å². The second kappa shape index (κ2) is 5.92. The molecule has 1 amide bonds. The summed E-state index contributed by atoms with van der Waals surface area (Å²) in [5.74, 6) is 0.261. The van der Waals surface area contributed by atoms with Crippen LogP contribution in [-0.4, -0.2) is 23.0 Å². The van der Waals surface area contributed by atoms with Crippen molar-refractivity contribution in [3.8, 4) is 5.88 Å². The predicted molar refractivity (Wildman–Crippen MR) is 70.9 cm³/mol. The van der Waals surface area contributed by atoms with Crippen LogP contribution in [0, 0.1) is 0 Å². The van der Waals surface area contributed by atoms with E-state index in [1.807, 2.05) is 0 Å². The Morgan fingerprint density at radius 3 is 2.84 bits per heavy atom. The number of ether oxygens (including phenoxy) is 1. The largest absolute Gasteiger partial charge is 0.481 e. The number of carbonyl (C=O) groups excluding carboxylic acids is 1. The average Bonchev–Trinajstić information content (AvgIpc) is 2.48. The van der Waals surface area contributed by atoms with Crippen LogP contribution in [0.3, 0.4) is 0 Å². The van der Waals surface area contributed by atoms with Gasteiger partial charge < -0.3 is 15.8 Å². The normalized spacial score (nSPS) is 10.0. The molecule has 2 heterocycles. The van der Waals surface area contributed by atoms with E-state index in [4.69, 9.17) is 10.5 Å². The first-order chi connectivity index (χ1) is 9.22. The Kier molecular flexibility index (Phi) is 4.04. The summed E-state index contributed by atoms with van der Waals surface area (Å²) in [4.78, 5) is 20.0. The van der Waals surface area contributed by atoms with E-state index in [0.717, 1.165) is 0 Å². The van der Waals surface area contributed by atoms with Gasteiger partial charge in [0.05, 0.1) is 24.7 Å². The number of carbonyl (C=O) groups is 1. The van der Waals surface area contributed by atoms with Crippen molar-refractivity contribution < 1.29 is 9.53 Å².